The number of carbonyl (C=O) groups is 1. The van der Waals surface area contributed by atoms with Crippen molar-refractivity contribution in [1.29, 1.82) is 0 Å². The van der Waals surface area contributed by atoms with Crippen LogP contribution in [-0.4, -0.2) is 21.0 Å². The zero-order valence-corrected chi connectivity index (χ0v) is 11.5. The molecule has 0 spiro atoms. The number of rotatable bonds is 4. The predicted octanol–water partition coefficient (Wildman–Crippen LogP) is 3.09. The van der Waals surface area contributed by atoms with Crippen molar-refractivity contribution in [3.63, 3.8) is 0 Å². The van der Waals surface area contributed by atoms with Gasteiger partial charge in [0.05, 0.1) is 16.4 Å². The third kappa shape index (κ3) is 2.21. The lowest BCUT2D eigenvalue weighted by atomic mass is 9.79. The van der Waals surface area contributed by atoms with E-state index in [1.165, 1.54) is 6.42 Å². The number of benzene rings is 1. The first-order valence-electron chi connectivity index (χ1n) is 6.31. The molecule has 1 atom stereocenters. The van der Waals surface area contributed by atoms with E-state index in [-0.39, 0.29) is 5.56 Å². The molecule has 0 aromatic heterocycles. The zero-order chi connectivity index (χ0) is 13.3. The Morgan fingerprint density at radius 3 is 2.56 bits per heavy atom. The highest BCUT2D eigenvalue weighted by Gasteiger charge is 2.26. The van der Waals surface area contributed by atoms with Gasteiger partial charge in [0.15, 0.2) is 0 Å². The van der Waals surface area contributed by atoms with E-state index < -0.39 is 16.8 Å². The van der Waals surface area contributed by atoms with Crippen LogP contribution >= 0.6 is 0 Å². The monoisotopic (exact) mass is 266 g/mol. The van der Waals surface area contributed by atoms with Crippen molar-refractivity contribution in [3.8, 4) is 0 Å². The first kappa shape index (κ1) is 13.3. The Kier molecular flexibility index (Phi) is 3.85. The minimum Gasteiger partial charge on any atom is -0.478 e. The van der Waals surface area contributed by atoms with E-state index in [0.717, 1.165) is 23.3 Å². The minimum atomic E-state index is -1.09. The van der Waals surface area contributed by atoms with E-state index in [2.05, 4.69) is 0 Å². The van der Waals surface area contributed by atoms with Gasteiger partial charge in [0.25, 0.3) is 0 Å². The molecule has 1 aliphatic rings. The van der Waals surface area contributed by atoms with Crippen LogP contribution in [0.2, 0.25) is 0 Å². The number of carboxylic acid groups (broad SMARTS) is 1. The Labute approximate surface area is 110 Å². The quantitative estimate of drug-likeness (QED) is 0.911. The normalized spacial score (nSPS) is 17.2. The van der Waals surface area contributed by atoms with Gasteiger partial charge in [-0.3, -0.25) is 4.21 Å². The molecule has 1 saturated carbocycles. The number of carboxylic acids is 1. The molecule has 4 heteroatoms. The Morgan fingerprint density at radius 1 is 1.44 bits per heavy atom. The van der Waals surface area contributed by atoms with Gasteiger partial charge in [-0.1, -0.05) is 19.4 Å². The zero-order valence-electron chi connectivity index (χ0n) is 10.7. The van der Waals surface area contributed by atoms with Gasteiger partial charge in [0, 0.05) is 10.6 Å². The smallest absolute Gasteiger partial charge is 0.335 e. The molecule has 0 heterocycles. The van der Waals surface area contributed by atoms with E-state index in [1.807, 2.05) is 13.0 Å². The van der Waals surface area contributed by atoms with E-state index in [4.69, 9.17) is 5.11 Å². The molecule has 18 heavy (non-hydrogen) atoms. The van der Waals surface area contributed by atoms with Crippen molar-refractivity contribution >= 4 is 16.8 Å². The standard InChI is InChI=1S/C14H18O3S/c1-3-18(17)13-9(2)11(14(15)16)7-8-12(13)10-5-4-6-10/h7-8,10H,3-6H2,1-2H3,(H,15,16)/t18-/m0/s1. The van der Waals surface area contributed by atoms with E-state index in [0.29, 0.717) is 17.2 Å². The number of hydrogen-bond acceptors (Lipinski definition) is 2. The fourth-order valence-electron chi connectivity index (χ4n) is 2.43. The lowest BCUT2D eigenvalue weighted by molar-refractivity contribution is 0.0695. The fourth-order valence-corrected chi connectivity index (χ4v) is 3.67. The minimum absolute atomic E-state index is 0.273. The van der Waals surface area contributed by atoms with Crippen molar-refractivity contribution in [2.45, 2.75) is 43.9 Å². The molecule has 3 nitrogen and oxygen atoms in total. The SMILES string of the molecule is CC[S@](=O)c1c(C2CCC2)ccc(C(=O)O)c1C. The highest BCUT2D eigenvalue weighted by atomic mass is 32.2. The summed E-state index contributed by atoms with van der Waals surface area (Å²) in [4.78, 5) is 11.9. The molecule has 0 radical (unpaired) electrons. The molecule has 1 aliphatic carbocycles. The van der Waals surface area contributed by atoms with Gasteiger partial charge in [0.2, 0.25) is 0 Å². The molecule has 1 aromatic rings. The van der Waals surface area contributed by atoms with Gasteiger partial charge in [-0.15, -0.1) is 0 Å². The van der Waals surface area contributed by atoms with Crippen LogP contribution in [0.3, 0.4) is 0 Å². The molecule has 0 amide bonds. The summed E-state index contributed by atoms with van der Waals surface area (Å²) in [5, 5.41) is 9.15. The molecular formula is C14H18O3S. The van der Waals surface area contributed by atoms with E-state index in [1.54, 1.807) is 13.0 Å². The van der Waals surface area contributed by atoms with Crippen LogP contribution in [0.1, 0.15) is 53.6 Å². The largest absolute Gasteiger partial charge is 0.478 e. The number of aromatic carboxylic acids is 1. The fraction of sp³-hybridized carbons (Fsp3) is 0.500. The second-order valence-electron chi connectivity index (χ2n) is 4.72. The molecule has 1 N–H and O–H groups in total. The second-order valence-corrected chi connectivity index (χ2v) is 6.40. The molecule has 0 bridgehead atoms. The molecular weight excluding hydrogens is 248 g/mol. The van der Waals surface area contributed by atoms with Crippen LogP contribution in [0.25, 0.3) is 0 Å². The summed E-state index contributed by atoms with van der Waals surface area (Å²) in [6, 6.07) is 3.52. The van der Waals surface area contributed by atoms with E-state index in [9.17, 15) is 9.00 Å². The molecule has 0 saturated heterocycles. The van der Waals surface area contributed by atoms with Crippen LogP contribution in [0.4, 0.5) is 0 Å². The Bertz CT molecular complexity index is 504. The highest BCUT2D eigenvalue weighted by molar-refractivity contribution is 7.85. The average molecular weight is 266 g/mol. The van der Waals surface area contributed by atoms with Crippen LogP contribution < -0.4 is 0 Å². The van der Waals surface area contributed by atoms with Crippen LogP contribution in [0, 0.1) is 6.92 Å². The highest BCUT2D eigenvalue weighted by Crippen LogP contribution is 2.40. The molecule has 2 rings (SSSR count). The summed E-state index contributed by atoms with van der Waals surface area (Å²) in [7, 11) is -1.09. The van der Waals surface area contributed by atoms with Gasteiger partial charge in [-0.25, -0.2) is 4.79 Å². The Morgan fingerprint density at radius 2 is 2.11 bits per heavy atom. The maximum absolute atomic E-state index is 12.2. The van der Waals surface area contributed by atoms with Crippen molar-refractivity contribution < 1.29 is 14.1 Å². The maximum atomic E-state index is 12.2. The summed E-state index contributed by atoms with van der Waals surface area (Å²) in [6.07, 6.45) is 3.46. The molecule has 1 fully saturated rings. The van der Waals surface area contributed by atoms with Gasteiger partial charge < -0.3 is 5.11 Å². The first-order chi connectivity index (χ1) is 8.56. The summed E-state index contributed by atoms with van der Waals surface area (Å²) in [5.74, 6) is 0.0583. The maximum Gasteiger partial charge on any atom is 0.335 e. The summed E-state index contributed by atoms with van der Waals surface area (Å²) < 4.78 is 12.2. The third-order valence-corrected chi connectivity index (χ3v) is 5.22. The lowest BCUT2D eigenvalue weighted by Crippen LogP contribution is -2.15. The summed E-state index contributed by atoms with van der Waals surface area (Å²) in [6.45, 7) is 3.64. The Hall–Kier alpha value is -1.16. The van der Waals surface area contributed by atoms with Gasteiger partial charge in [-0.05, 0) is 42.9 Å². The van der Waals surface area contributed by atoms with Gasteiger partial charge in [-0.2, -0.15) is 0 Å². The molecule has 0 unspecified atom stereocenters. The van der Waals surface area contributed by atoms with Crippen molar-refractivity contribution in [3.05, 3.63) is 28.8 Å². The number of hydrogen-bond donors (Lipinski definition) is 1. The predicted molar refractivity (Wildman–Crippen MR) is 71.7 cm³/mol. The van der Waals surface area contributed by atoms with Crippen LogP contribution in [0.5, 0.6) is 0 Å². The summed E-state index contributed by atoms with van der Waals surface area (Å²) in [5.41, 5.74) is 2.05. The van der Waals surface area contributed by atoms with Crippen molar-refractivity contribution in [2.24, 2.45) is 0 Å². The topological polar surface area (TPSA) is 54.4 Å². The molecule has 0 aliphatic heterocycles. The van der Waals surface area contributed by atoms with Crippen LogP contribution in [-0.2, 0) is 10.8 Å². The first-order valence-corrected chi connectivity index (χ1v) is 7.63. The van der Waals surface area contributed by atoms with Gasteiger partial charge in [0.1, 0.15) is 0 Å². The van der Waals surface area contributed by atoms with Crippen molar-refractivity contribution in [1.82, 2.24) is 0 Å². The molecule has 1 aromatic carbocycles. The van der Waals surface area contributed by atoms with Crippen LogP contribution in [0.15, 0.2) is 17.0 Å². The van der Waals surface area contributed by atoms with Gasteiger partial charge >= 0.3 is 5.97 Å². The lowest BCUT2D eigenvalue weighted by Gasteiger charge is -2.28. The Balaban J connectivity index is 2.57. The van der Waals surface area contributed by atoms with E-state index >= 15 is 0 Å². The second kappa shape index (κ2) is 5.22. The average Bonchev–Trinajstić information content (AvgIpc) is 2.25. The third-order valence-electron chi connectivity index (χ3n) is 3.70. The summed E-state index contributed by atoms with van der Waals surface area (Å²) >= 11 is 0. The molecule has 98 valence electrons. The van der Waals surface area contributed by atoms with Crippen molar-refractivity contribution in [2.75, 3.05) is 5.75 Å².